The number of H-pyrrole nitrogens is 1. The summed E-state index contributed by atoms with van der Waals surface area (Å²) < 4.78 is 0. The maximum Gasteiger partial charge on any atom is 0.0725 e. The van der Waals surface area contributed by atoms with Crippen molar-refractivity contribution in [3.05, 3.63) is 40.1 Å². The predicted octanol–water partition coefficient (Wildman–Crippen LogP) is 3.47. The minimum Gasteiger partial charge on any atom is -0.399 e. The number of hydrogen-bond acceptors (Lipinski definition) is 3. The molecule has 0 aliphatic heterocycles. The van der Waals surface area contributed by atoms with Gasteiger partial charge in [0.15, 0.2) is 0 Å². The molecule has 0 spiro atoms. The highest BCUT2D eigenvalue weighted by molar-refractivity contribution is 6.39. The number of halogens is 2. The Morgan fingerprint density at radius 1 is 1.35 bits per heavy atom. The molecule has 0 fully saturated rings. The van der Waals surface area contributed by atoms with Crippen molar-refractivity contribution in [2.75, 3.05) is 11.1 Å². The van der Waals surface area contributed by atoms with Crippen molar-refractivity contribution in [1.29, 1.82) is 0 Å². The lowest BCUT2D eigenvalue weighted by Crippen LogP contribution is -2.07. The van der Waals surface area contributed by atoms with Gasteiger partial charge < -0.3 is 11.1 Å². The molecule has 0 radical (unpaired) electrons. The van der Waals surface area contributed by atoms with Crippen LogP contribution in [0.4, 0.5) is 11.4 Å². The molecule has 1 heterocycles. The maximum absolute atomic E-state index is 6.09. The molecule has 0 saturated heterocycles. The number of rotatable bonds is 3. The molecule has 0 amide bonds. The second-order valence-electron chi connectivity index (χ2n) is 3.76. The van der Waals surface area contributed by atoms with E-state index in [0.29, 0.717) is 21.4 Å². The number of aromatic amines is 1. The van der Waals surface area contributed by atoms with Crippen LogP contribution in [-0.2, 0) is 0 Å². The van der Waals surface area contributed by atoms with Gasteiger partial charge in [0.25, 0.3) is 0 Å². The molecule has 0 aliphatic rings. The van der Waals surface area contributed by atoms with Crippen LogP contribution < -0.4 is 11.1 Å². The van der Waals surface area contributed by atoms with E-state index in [1.807, 2.05) is 13.1 Å². The van der Waals surface area contributed by atoms with Crippen molar-refractivity contribution < 1.29 is 0 Å². The van der Waals surface area contributed by atoms with E-state index >= 15 is 0 Å². The zero-order valence-corrected chi connectivity index (χ0v) is 10.7. The molecule has 1 aromatic carbocycles. The predicted molar refractivity (Wildman–Crippen MR) is 71.5 cm³/mol. The van der Waals surface area contributed by atoms with Gasteiger partial charge in [0, 0.05) is 17.4 Å². The Hall–Kier alpha value is -1.39. The second kappa shape index (κ2) is 4.85. The summed E-state index contributed by atoms with van der Waals surface area (Å²) >= 11 is 12.2. The van der Waals surface area contributed by atoms with E-state index < -0.39 is 0 Å². The van der Waals surface area contributed by atoms with Gasteiger partial charge >= 0.3 is 0 Å². The summed E-state index contributed by atoms with van der Waals surface area (Å²) in [6.07, 6.45) is 3.56. The summed E-state index contributed by atoms with van der Waals surface area (Å²) in [5.74, 6) is 0. The Morgan fingerprint density at radius 2 is 2.00 bits per heavy atom. The van der Waals surface area contributed by atoms with Crippen LogP contribution in [0.3, 0.4) is 0 Å². The number of aromatic nitrogens is 2. The van der Waals surface area contributed by atoms with Gasteiger partial charge in [-0.3, -0.25) is 5.10 Å². The zero-order valence-electron chi connectivity index (χ0n) is 9.17. The summed E-state index contributed by atoms with van der Waals surface area (Å²) in [6, 6.07) is 3.38. The quantitative estimate of drug-likeness (QED) is 0.749. The van der Waals surface area contributed by atoms with E-state index in [9.17, 15) is 0 Å². The Balaban J connectivity index is 2.25. The lowest BCUT2D eigenvalue weighted by molar-refractivity contribution is 0.886. The molecule has 90 valence electrons. The van der Waals surface area contributed by atoms with Crippen molar-refractivity contribution in [2.24, 2.45) is 0 Å². The summed E-state index contributed by atoms with van der Waals surface area (Å²) in [5, 5.41) is 10.9. The Kier molecular flexibility index (Phi) is 3.45. The Morgan fingerprint density at radius 3 is 2.53 bits per heavy atom. The molecule has 17 heavy (non-hydrogen) atoms. The topological polar surface area (TPSA) is 66.7 Å². The number of nitrogens with one attached hydrogen (secondary N) is 2. The number of anilines is 2. The highest BCUT2D eigenvalue weighted by atomic mass is 35.5. The molecule has 1 atom stereocenters. The van der Waals surface area contributed by atoms with Crippen molar-refractivity contribution >= 4 is 34.6 Å². The summed E-state index contributed by atoms with van der Waals surface area (Å²) in [4.78, 5) is 0. The third kappa shape index (κ3) is 2.65. The average Bonchev–Trinajstić information content (AvgIpc) is 2.76. The van der Waals surface area contributed by atoms with Gasteiger partial charge in [-0.15, -0.1) is 0 Å². The monoisotopic (exact) mass is 270 g/mol. The van der Waals surface area contributed by atoms with E-state index in [-0.39, 0.29) is 6.04 Å². The van der Waals surface area contributed by atoms with Gasteiger partial charge in [0.1, 0.15) is 0 Å². The molecular formula is C11H12Cl2N4. The first-order chi connectivity index (χ1) is 8.08. The van der Waals surface area contributed by atoms with Gasteiger partial charge in [-0.25, -0.2) is 0 Å². The Bertz CT molecular complexity index is 487. The van der Waals surface area contributed by atoms with Crippen molar-refractivity contribution in [3.8, 4) is 0 Å². The van der Waals surface area contributed by atoms with Crippen LogP contribution in [-0.4, -0.2) is 10.2 Å². The number of nitrogens with two attached hydrogens (primary N) is 1. The minimum atomic E-state index is 0.0485. The molecule has 0 saturated carbocycles. The van der Waals surface area contributed by atoms with Crippen LogP contribution in [0.15, 0.2) is 24.5 Å². The fourth-order valence-corrected chi connectivity index (χ4v) is 2.14. The molecule has 2 aromatic rings. The van der Waals surface area contributed by atoms with Crippen molar-refractivity contribution in [3.63, 3.8) is 0 Å². The van der Waals surface area contributed by atoms with Crippen LogP contribution >= 0.6 is 23.2 Å². The minimum absolute atomic E-state index is 0.0485. The number of nitrogens with zero attached hydrogens (tertiary/aromatic N) is 1. The molecule has 1 unspecified atom stereocenters. The van der Waals surface area contributed by atoms with Gasteiger partial charge in [-0.2, -0.15) is 5.10 Å². The van der Waals surface area contributed by atoms with Crippen LogP contribution in [0.5, 0.6) is 0 Å². The molecule has 4 N–H and O–H groups in total. The van der Waals surface area contributed by atoms with E-state index in [4.69, 9.17) is 28.9 Å². The van der Waals surface area contributed by atoms with Crippen LogP contribution in [0.25, 0.3) is 0 Å². The number of hydrogen-bond donors (Lipinski definition) is 3. The third-order valence-electron chi connectivity index (χ3n) is 2.44. The van der Waals surface area contributed by atoms with Gasteiger partial charge in [0.05, 0.1) is 28.0 Å². The van der Waals surface area contributed by atoms with Crippen LogP contribution in [0.1, 0.15) is 18.5 Å². The summed E-state index contributed by atoms with van der Waals surface area (Å²) in [6.45, 7) is 1.99. The SMILES string of the molecule is CC(Nc1c(Cl)cc(N)cc1Cl)c1cn[nH]c1. The molecular weight excluding hydrogens is 259 g/mol. The van der Waals surface area contributed by atoms with Gasteiger partial charge in [-0.05, 0) is 19.1 Å². The lowest BCUT2D eigenvalue weighted by Gasteiger charge is -2.16. The standard InChI is InChI=1S/C11H12Cl2N4/c1-6(7-4-15-16-5-7)17-11-9(12)2-8(14)3-10(11)13/h2-6,17H,14H2,1H3,(H,15,16). The first-order valence-corrected chi connectivity index (χ1v) is 5.83. The fourth-order valence-electron chi connectivity index (χ4n) is 1.53. The third-order valence-corrected chi connectivity index (χ3v) is 3.04. The number of benzene rings is 1. The van der Waals surface area contributed by atoms with E-state index in [1.165, 1.54) is 0 Å². The van der Waals surface area contributed by atoms with E-state index in [0.717, 1.165) is 5.56 Å². The molecule has 0 aliphatic carbocycles. The Labute approximate surface area is 109 Å². The van der Waals surface area contributed by atoms with E-state index in [2.05, 4.69) is 15.5 Å². The normalized spacial score (nSPS) is 12.4. The summed E-state index contributed by atoms with van der Waals surface area (Å²) in [5.41, 5.74) is 7.88. The highest BCUT2D eigenvalue weighted by Gasteiger charge is 2.12. The first kappa shape index (κ1) is 12.1. The average molecular weight is 271 g/mol. The first-order valence-electron chi connectivity index (χ1n) is 5.07. The highest BCUT2D eigenvalue weighted by Crippen LogP contribution is 2.35. The molecule has 1 aromatic heterocycles. The second-order valence-corrected chi connectivity index (χ2v) is 4.57. The van der Waals surface area contributed by atoms with Crippen molar-refractivity contribution in [2.45, 2.75) is 13.0 Å². The fraction of sp³-hybridized carbons (Fsp3) is 0.182. The molecule has 0 bridgehead atoms. The molecule has 2 rings (SSSR count). The van der Waals surface area contributed by atoms with Crippen LogP contribution in [0.2, 0.25) is 10.0 Å². The van der Waals surface area contributed by atoms with Gasteiger partial charge in [-0.1, -0.05) is 23.2 Å². The molecule has 4 nitrogen and oxygen atoms in total. The number of nitrogen functional groups attached to an aromatic ring is 1. The molecule has 6 heteroatoms. The summed E-state index contributed by atoms with van der Waals surface area (Å²) in [7, 11) is 0. The zero-order chi connectivity index (χ0) is 12.4. The lowest BCUT2D eigenvalue weighted by atomic mass is 10.2. The van der Waals surface area contributed by atoms with Gasteiger partial charge in [0.2, 0.25) is 0 Å². The van der Waals surface area contributed by atoms with E-state index in [1.54, 1.807) is 18.3 Å². The largest absolute Gasteiger partial charge is 0.399 e. The van der Waals surface area contributed by atoms with Crippen LogP contribution in [0, 0.1) is 0 Å². The van der Waals surface area contributed by atoms with Crippen molar-refractivity contribution in [1.82, 2.24) is 10.2 Å². The smallest absolute Gasteiger partial charge is 0.0725 e. The maximum atomic E-state index is 6.09.